The van der Waals surface area contributed by atoms with E-state index >= 15 is 0 Å². The molecule has 6 nitrogen and oxygen atoms in total. The van der Waals surface area contributed by atoms with Gasteiger partial charge in [-0.25, -0.2) is 0 Å². The van der Waals surface area contributed by atoms with Crippen LogP contribution in [0.3, 0.4) is 0 Å². The standard InChI is InChI=1S/C68H46N6/c1-2-23-65-60(21-1)61-40-53(56-35-57(44-71-43-56)64-22-3-4-32-72-64)26-29-66(61)73(65)58-19-7-15-49(36-58)50-16-8-20-59(37-50)74-67-27-24-51(45-11-5-13-47(33-45)54-17-9-30-69-41-54)38-62(67)63-39-52(25-28-68(63)74)46-12-6-14-48(34-46)55-18-10-31-70-42-55/h1-33,35-44,46H,34H2. The van der Waals surface area contributed by atoms with E-state index in [1.54, 1.807) is 0 Å². The Hall–Kier alpha value is -9.78. The molecule has 6 heteroatoms. The molecule has 74 heavy (non-hydrogen) atoms. The number of aromatic nitrogens is 6. The SMILES string of the molecule is C1=CC(c2ccc3c(c2)c2cc(-c4cccc(-c5cccnc5)c4)ccc2n3-c2cccc(-c3cccc(-n4c5ccccc5c5cc(-c6cncc(-c7ccccn7)c6)ccc54)c3)c2)CC(c2cccnc2)=C1. The van der Waals surface area contributed by atoms with Crippen molar-refractivity contribution in [1.29, 1.82) is 0 Å². The highest BCUT2D eigenvalue weighted by Gasteiger charge is 2.21. The zero-order chi connectivity index (χ0) is 49.0. The van der Waals surface area contributed by atoms with Crippen LogP contribution >= 0.6 is 0 Å². The number of para-hydroxylation sites is 1. The zero-order valence-corrected chi connectivity index (χ0v) is 40.3. The third kappa shape index (κ3) is 7.68. The predicted octanol–water partition coefficient (Wildman–Crippen LogP) is 16.9. The first kappa shape index (κ1) is 43.0. The maximum Gasteiger partial charge on any atom is 0.0717 e. The lowest BCUT2D eigenvalue weighted by Crippen LogP contribution is -2.01. The summed E-state index contributed by atoms with van der Waals surface area (Å²) in [4.78, 5) is 18.0. The van der Waals surface area contributed by atoms with Gasteiger partial charge in [0.25, 0.3) is 0 Å². The molecule has 0 amide bonds. The first-order valence-corrected chi connectivity index (χ1v) is 25.1. The highest BCUT2D eigenvalue weighted by molar-refractivity contribution is 6.12. The topological polar surface area (TPSA) is 61.4 Å². The largest absolute Gasteiger partial charge is 0.309 e. The van der Waals surface area contributed by atoms with Gasteiger partial charge >= 0.3 is 0 Å². The summed E-state index contributed by atoms with van der Waals surface area (Å²) in [5, 5.41) is 4.84. The number of benzene rings is 7. The van der Waals surface area contributed by atoms with Crippen LogP contribution in [0.5, 0.6) is 0 Å². The van der Waals surface area contributed by atoms with Gasteiger partial charge in [0.1, 0.15) is 0 Å². The van der Waals surface area contributed by atoms with Crippen molar-refractivity contribution in [3.05, 3.63) is 273 Å². The summed E-state index contributed by atoms with van der Waals surface area (Å²) in [7, 11) is 0. The van der Waals surface area contributed by atoms with Crippen molar-refractivity contribution in [3.63, 3.8) is 0 Å². The Morgan fingerprint density at radius 1 is 0.351 bits per heavy atom. The molecular formula is C68H46N6. The Morgan fingerprint density at radius 2 is 0.892 bits per heavy atom. The molecule has 1 aliphatic rings. The van der Waals surface area contributed by atoms with Gasteiger partial charge in [-0.1, -0.05) is 115 Å². The first-order chi connectivity index (χ1) is 36.7. The number of rotatable bonds is 9. The monoisotopic (exact) mass is 946 g/mol. The molecule has 0 radical (unpaired) electrons. The normalized spacial score (nSPS) is 13.5. The van der Waals surface area contributed by atoms with Crippen molar-refractivity contribution in [2.24, 2.45) is 0 Å². The predicted molar refractivity (Wildman–Crippen MR) is 304 cm³/mol. The molecule has 13 aromatic rings. The van der Waals surface area contributed by atoms with Crippen LogP contribution in [-0.4, -0.2) is 29.1 Å². The number of hydrogen-bond acceptors (Lipinski definition) is 4. The second-order valence-electron chi connectivity index (χ2n) is 19.2. The second-order valence-corrected chi connectivity index (χ2v) is 19.2. The number of fused-ring (bicyclic) bond motifs is 6. The maximum absolute atomic E-state index is 4.63. The smallest absolute Gasteiger partial charge is 0.0717 e. The first-order valence-electron chi connectivity index (χ1n) is 25.1. The van der Waals surface area contributed by atoms with E-state index in [0.717, 1.165) is 79.0 Å². The molecule has 0 aliphatic heterocycles. The van der Waals surface area contributed by atoms with E-state index in [2.05, 4.69) is 217 Å². The number of hydrogen-bond donors (Lipinski definition) is 0. The Balaban J connectivity index is 0.863. The molecule has 7 aromatic carbocycles. The average molecular weight is 947 g/mol. The van der Waals surface area contributed by atoms with E-state index in [1.807, 2.05) is 73.7 Å². The van der Waals surface area contributed by atoms with Crippen LogP contribution in [0.1, 0.15) is 23.5 Å². The average Bonchev–Trinajstić information content (AvgIpc) is 4.02. The van der Waals surface area contributed by atoms with Gasteiger partial charge in [-0.15, -0.1) is 0 Å². The van der Waals surface area contributed by atoms with E-state index in [0.29, 0.717) is 0 Å². The molecular weight excluding hydrogens is 901 g/mol. The Kier molecular flexibility index (Phi) is 10.5. The van der Waals surface area contributed by atoms with E-state index in [9.17, 15) is 0 Å². The van der Waals surface area contributed by atoms with Crippen molar-refractivity contribution in [3.8, 4) is 67.1 Å². The van der Waals surface area contributed by atoms with Crippen LogP contribution in [0.25, 0.3) is 116 Å². The quantitative estimate of drug-likeness (QED) is 0.145. The summed E-state index contributed by atoms with van der Waals surface area (Å²) in [6, 6.07) is 72.8. The maximum atomic E-state index is 4.63. The highest BCUT2D eigenvalue weighted by Crippen LogP contribution is 2.41. The van der Waals surface area contributed by atoms with Crippen LogP contribution in [0.4, 0.5) is 0 Å². The van der Waals surface area contributed by atoms with E-state index < -0.39 is 0 Å². The van der Waals surface area contributed by atoms with Crippen molar-refractivity contribution in [1.82, 2.24) is 29.1 Å². The van der Waals surface area contributed by atoms with Crippen molar-refractivity contribution < 1.29 is 0 Å². The van der Waals surface area contributed by atoms with Gasteiger partial charge in [-0.3, -0.25) is 19.9 Å². The third-order valence-electron chi connectivity index (χ3n) is 14.8. The zero-order valence-electron chi connectivity index (χ0n) is 40.3. The minimum absolute atomic E-state index is 0.233. The molecule has 6 heterocycles. The minimum Gasteiger partial charge on any atom is -0.309 e. The molecule has 6 aromatic heterocycles. The second kappa shape index (κ2) is 18.1. The lowest BCUT2D eigenvalue weighted by Gasteiger charge is -2.19. The van der Waals surface area contributed by atoms with Gasteiger partial charge in [0.05, 0.1) is 27.8 Å². The van der Waals surface area contributed by atoms with Gasteiger partial charge < -0.3 is 9.13 Å². The van der Waals surface area contributed by atoms with Gasteiger partial charge in [-0.2, -0.15) is 0 Å². The van der Waals surface area contributed by atoms with Crippen molar-refractivity contribution in [2.75, 3.05) is 0 Å². The molecule has 0 saturated heterocycles. The van der Waals surface area contributed by atoms with E-state index in [4.69, 9.17) is 0 Å². The Labute approximate surface area is 428 Å². The third-order valence-corrected chi connectivity index (χ3v) is 14.8. The minimum atomic E-state index is 0.233. The summed E-state index contributed by atoms with van der Waals surface area (Å²) in [6.07, 6.45) is 20.9. The molecule has 348 valence electrons. The molecule has 0 bridgehead atoms. The molecule has 0 saturated carbocycles. The summed E-state index contributed by atoms with van der Waals surface area (Å²) in [5.74, 6) is 0.233. The molecule has 14 rings (SSSR count). The summed E-state index contributed by atoms with van der Waals surface area (Å²) >= 11 is 0. The molecule has 1 unspecified atom stereocenters. The summed E-state index contributed by atoms with van der Waals surface area (Å²) in [6.45, 7) is 0. The van der Waals surface area contributed by atoms with Gasteiger partial charge in [0.15, 0.2) is 0 Å². The van der Waals surface area contributed by atoms with Gasteiger partial charge in [0.2, 0.25) is 0 Å². The number of allylic oxidation sites excluding steroid dienone is 4. The number of pyridine rings is 4. The lowest BCUT2D eigenvalue weighted by atomic mass is 9.85. The van der Waals surface area contributed by atoms with E-state index in [-0.39, 0.29) is 5.92 Å². The van der Waals surface area contributed by atoms with Gasteiger partial charge in [0, 0.05) is 98.9 Å². The van der Waals surface area contributed by atoms with Crippen LogP contribution in [-0.2, 0) is 0 Å². The molecule has 1 atom stereocenters. The fourth-order valence-corrected chi connectivity index (χ4v) is 11.2. The van der Waals surface area contributed by atoms with Crippen molar-refractivity contribution >= 4 is 49.2 Å². The van der Waals surface area contributed by atoms with Crippen LogP contribution in [0.2, 0.25) is 0 Å². The van der Waals surface area contributed by atoms with Crippen LogP contribution in [0, 0.1) is 0 Å². The summed E-state index contributed by atoms with van der Waals surface area (Å²) < 4.78 is 4.84. The fourth-order valence-electron chi connectivity index (χ4n) is 11.2. The molecule has 0 fully saturated rings. The Morgan fingerprint density at radius 3 is 1.59 bits per heavy atom. The highest BCUT2D eigenvalue weighted by atomic mass is 15.0. The lowest BCUT2D eigenvalue weighted by molar-refractivity contribution is 0.868. The Bertz CT molecular complexity index is 4340. The molecule has 0 spiro atoms. The van der Waals surface area contributed by atoms with Crippen LogP contribution < -0.4 is 0 Å². The van der Waals surface area contributed by atoms with Crippen molar-refractivity contribution in [2.45, 2.75) is 12.3 Å². The fraction of sp³-hybridized carbons (Fsp3) is 0.0294. The van der Waals surface area contributed by atoms with Crippen LogP contribution in [0.15, 0.2) is 262 Å². The summed E-state index contributed by atoms with van der Waals surface area (Å²) in [5.41, 5.74) is 21.6. The van der Waals surface area contributed by atoms with E-state index in [1.165, 1.54) is 54.9 Å². The van der Waals surface area contributed by atoms with Gasteiger partial charge in [-0.05, 0) is 160 Å². The molecule has 0 N–H and O–H groups in total. The number of nitrogens with zero attached hydrogens (tertiary/aromatic N) is 6. The molecule has 1 aliphatic carbocycles.